The molecule has 0 saturated carbocycles. The van der Waals surface area contributed by atoms with Crippen molar-refractivity contribution >= 4 is 17.4 Å². The van der Waals surface area contributed by atoms with Crippen molar-refractivity contribution in [2.75, 3.05) is 10.6 Å². The lowest BCUT2D eigenvalue weighted by atomic mass is 10.3. The number of amides is 2. The number of benzene rings is 3. The maximum absolute atomic E-state index is 11.9. The molecule has 2 N–H and O–H groups in total. The molecule has 0 heterocycles. The lowest BCUT2D eigenvalue weighted by Gasteiger charge is -2.09. The number of carbonyl (C=O) groups is 1. The molecular weight excluding hydrogens is 288 g/mol. The molecule has 114 valence electrons. The molecule has 0 aliphatic carbocycles. The second kappa shape index (κ2) is 7.13. The van der Waals surface area contributed by atoms with Gasteiger partial charge in [-0.25, -0.2) is 4.79 Å². The molecule has 0 fully saturated rings. The van der Waals surface area contributed by atoms with Gasteiger partial charge in [0.25, 0.3) is 0 Å². The fourth-order valence-corrected chi connectivity index (χ4v) is 2.05. The van der Waals surface area contributed by atoms with Gasteiger partial charge in [0.1, 0.15) is 11.5 Å². The molecule has 0 saturated heterocycles. The first kappa shape index (κ1) is 14.7. The molecule has 4 heteroatoms. The van der Waals surface area contributed by atoms with Gasteiger partial charge in [0.2, 0.25) is 0 Å². The maximum Gasteiger partial charge on any atom is 0.323 e. The van der Waals surface area contributed by atoms with Gasteiger partial charge in [0, 0.05) is 11.4 Å². The SMILES string of the molecule is O=C(Nc1ccccc1)Nc1ccc(Oc2ccccc2)cc1. The third-order valence-electron chi connectivity index (χ3n) is 3.12. The van der Waals surface area contributed by atoms with Crippen molar-refractivity contribution in [2.45, 2.75) is 0 Å². The monoisotopic (exact) mass is 304 g/mol. The Balaban J connectivity index is 1.58. The topological polar surface area (TPSA) is 50.4 Å². The van der Waals surface area contributed by atoms with Crippen LogP contribution < -0.4 is 15.4 Å². The van der Waals surface area contributed by atoms with E-state index in [2.05, 4.69) is 10.6 Å². The fraction of sp³-hybridized carbons (Fsp3) is 0. The summed E-state index contributed by atoms with van der Waals surface area (Å²) in [7, 11) is 0. The van der Waals surface area contributed by atoms with Gasteiger partial charge in [-0.1, -0.05) is 36.4 Å². The van der Waals surface area contributed by atoms with E-state index in [0.29, 0.717) is 11.4 Å². The van der Waals surface area contributed by atoms with Crippen molar-refractivity contribution in [2.24, 2.45) is 0 Å². The Hall–Kier alpha value is -3.27. The molecule has 0 unspecified atom stereocenters. The van der Waals surface area contributed by atoms with Gasteiger partial charge in [-0.2, -0.15) is 0 Å². The standard InChI is InChI=1S/C19H16N2O2/c22-19(20-15-7-3-1-4-8-15)21-16-11-13-18(14-12-16)23-17-9-5-2-6-10-17/h1-14H,(H2,20,21,22). The highest BCUT2D eigenvalue weighted by Crippen LogP contribution is 2.22. The number of ether oxygens (including phenoxy) is 1. The maximum atomic E-state index is 11.9. The predicted octanol–water partition coefficient (Wildman–Crippen LogP) is 5.12. The normalized spacial score (nSPS) is 9.91. The summed E-state index contributed by atoms with van der Waals surface area (Å²) >= 11 is 0. The Morgan fingerprint density at radius 3 is 1.70 bits per heavy atom. The fourth-order valence-electron chi connectivity index (χ4n) is 2.05. The smallest absolute Gasteiger partial charge is 0.323 e. The third kappa shape index (κ3) is 4.35. The van der Waals surface area contributed by atoms with Crippen LogP contribution in [0.1, 0.15) is 0 Å². The average molecular weight is 304 g/mol. The van der Waals surface area contributed by atoms with Crippen LogP contribution in [-0.4, -0.2) is 6.03 Å². The number of rotatable bonds is 4. The first-order valence-corrected chi connectivity index (χ1v) is 7.26. The summed E-state index contributed by atoms with van der Waals surface area (Å²) in [6.45, 7) is 0. The lowest BCUT2D eigenvalue weighted by Crippen LogP contribution is -2.19. The number of nitrogens with one attached hydrogen (secondary N) is 2. The van der Waals surface area contributed by atoms with Crippen LogP contribution in [0, 0.1) is 0 Å². The minimum absolute atomic E-state index is 0.284. The number of anilines is 2. The zero-order chi connectivity index (χ0) is 15.9. The Morgan fingerprint density at radius 2 is 1.09 bits per heavy atom. The van der Waals surface area contributed by atoms with E-state index in [1.165, 1.54) is 0 Å². The molecule has 23 heavy (non-hydrogen) atoms. The molecule has 0 radical (unpaired) electrons. The van der Waals surface area contributed by atoms with Crippen LogP contribution in [0.15, 0.2) is 84.9 Å². The van der Waals surface area contributed by atoms with Crippen LogP contribution >= 0.6 is 0 Å². The van der Waals surface area contributed by atoms with Crippen LogP contribution in [0.2, 0.25) is 0 Å². The zero-order valence-corrected chi connectivity index (χ0v) is 12.4. The summed E-state index contributed by atoms with van der Waals surface area (Å²) in [5.41, 5.74) is 1.44. The van der Waals surface area contributed by atoms with E-state index in [-0.39, 0.29) is 6.03 Å². The molecule has 0 atom stereocenters. The van der Waals surface area contributed by atoms with E-state index in [1.54, 1.807) is 12.1 Å². The lowest BCUT2D eigenvalue weighted by molar-refractivity contribution is 0.262. The Bertz CT molecular complexity index is 756. The van der Waals surface area contributed by atoms with Crippen molar-refractivity contribution in [3.63, 3.8) is 0 Å². The van der Waals surface area contributed by atoms with E-state index in [1.807, 2.05) is 72.8 Å². The van der Waals surface area contributed by atoms with Crippen molar-refractivity contribution in [3.8, 4) is 11.5 Å². The van der Waals surface area contributed by atoms with E-state index in [0.717, 1.165) is 11.4 Å². The van der Waals surface area contributed by atoms with Crippen LogP contribution in [0.3, 0.4) is 0 Å². The minimum atomic E-state index is -0.284. The largest absolute Gasteiger partial charge is 0.457 e. The first-order chi connectivity index (χ1) is 11.3. The van der Waals surface area contributed by atoms with Gasteiger partial charge in [-0.3, -0.25) is 0 Å². The molecule has 2 amide bonds. The van der Waals surface area contributed by atoms with Gasteiger partial charge in [0.05, 0.1) is 0 Å². The van der Waals surface area contributed by atoms with Crippen LogP contribution in [0.25, 0.3) is 0 Å². The van der Waals surface area contributed by atoms with Crippen LogP contribution in [-0.2, 0) is 0 Å². The molecule has 3 rings (SSSR count). The molecule has 0 aliphatic heterocycles. The van der Waals surface area contributed by atoms with E-state index >= 15 is 0 Å². The van der Waals surface area contributed by atoms with E-state index in [4.69, 9.17) is 4.74 Å². The van der Waals surface area contributed by atoms with E-state index < -0.39 is 0 Å². The Labute approximate surface area is 134 Å². The number of hydrogen-bond donors (Lipinski definition) is 2. The number of para-hydroxylation sites is 2. The van der Waals surface area contributed by atoms with Crippen molar-refractivity contribution < 1.29 is 9.53 Å². The molecule has 0 spiro atoms. The predicted molar refractivity (Wildman–Crippen MR) is 92.0 cm³/mol. The Morgan fingerprint density at radius 1 is 0.609 bits per heavy atom. The van der Waals surface area contributed by atoms with Crippen molar-refractivity contribution in [1.29, 1.82) is 0 Å². The highest BCUT2D eigenvalue weighted by molar-refractivity contribution is 5.99. The molecule has 3 aromatic carbocycles. The Kier molecular flexibility index (Phi) is 4.55. The molecule has 0 aromatic heterocycles. The number of carbonyl (C=O) groups excluding carboxylic acids is 1. The zero-order valence-electron chi connectivity index (χ0n) is 12.4. The third-order valence-corrected chi connectivity index (χ3v) is 3.12. The summed E-state index contributed by atoms with van der Waals surface area (Å²) in [6, 6.07) is 25.8. The molecule has 4 nitrogen and oxygen atoms in total. The summed E-state index contributed by atoms with van der Waals surface area (Å²) in [4.78, 5) is 11.9. The molecular formula is C19H16N2O2. The van der Waals surface area contributed by atoms with Gasteiger partial charge < -0.3 is 15.4 Å². The van der Waals surface area contributed by atoms with Gasteiger partial charge >= 0.3 is 6.03 Å². The molecule has 0 aliphatic rings. The second-order valence-corrected chi connectivity index (χ2v) is 4.88. The van der Waals surface area contributed by atoms with Gasteiger partial charge in [0.15, 0.2) is 0 Å². The summed E-state index contributed by atoms with van der Waals surface area (Å²) < 4.78 is 5.71. The highest BCUT2D eigenvalue weighted by Gasteiger charge is 2.03. The average Bonchev–Trinajstić information content (AvgIpc) is 2.58. The first-order valence-electron chi connectivity index (χ1n) is 7.26. The van der Waals surface area contributed by atoms with Crippen LogP contribution in [0.5, 0.6) is 11.5 Å². The van der Waals surface area contributed by atoms with Crippen LogP contribution in [0.4, 0.5) is 16.2 Å². The minimum Gasteiger partial charge on any atom is -0.457 e. The number of hydrogen-bond acceptors (Lipinski definition) is 2. The van der Waals surface area contributed by atoms with E-state index in [9.17, 15) is 4.79 Å². The van der Waals surface area contributed by atoms with Gasteiger partial charge in [-0.05, 0) is 48.5 Å². The number of urea groups is 1. The van der Waals surface area contributed by atoms with Gasteiger partial charge in [-0.15, -0.1) is 0 Å². The second-order valence-electron chi connectivity index (χ2n) is 4.88. The summed E-state index contributed by atoms with van der Waals surface area (Å²) in [6.07, 6.45) is 0. The molecule has 3 aromatic rings. The highest BCUT2D eigenvalue weighted by atomic mass is 16.5. The molecule has 0 bridgehead atoms. The summed E-state index contributed by atoms with van der Waals surface area (Å²) in [5, 5.41) is 5.54. The van der Waals surface area contributed by atoms with Crippen molar-refractivity contribution in [3.05, 3.63) is 84.9 Å². The van der Waals surface area contributed by atoms with Crippen molar-refractivity contribution in [1.82, 2.24) is 0 Å². The quantitative estimate of drug-likeness (QED) is 0.702. The summed E-state index contributed by atoms with van der Waals surface area (Å²) in [5.74, 6) is 1.49.